The molecule has 1 aliphatic carbocycles. The first-order valence-corrected chi connectivity index (χ1v) is 11.0. The van der Waals surface area contributed by atoms with Crippen LogP contribution in [0.3, 0.4) is 0 Å². The van der Waals surface area contributed by atoms with Gasteiger partial charge in [0, 0.05) is 12.6 Å². The van der Waals surface area contributed by atoms with Crippen LogP contribution in [0.1, 0.15) is 64.4 Å². The topological polar surface area (TPSA) is 60.0 Å². The summed E-state index contributed by atoms with van der Waals surface area (Å²) in [4.78, 5) is 0. The number of hydrogen-bond acceptors (Lipinski definition) is 5. The predicted molar refractivity (Wildman–Crippen MR) is 113 cm³/mol. The van der Waals surface area contributed by atoms with E-state index in [0.29, 0.717) is 24.5 Å². The number of phenols is 1. The van der Waals surface area contributed by atoms with Crippen molar-refractivity contribution >= 4 is 0 Å². The molecule has 1 fully saturated rings. The largest absolute Gasteiger partial charge is 0.504 e. The summed E-state index contributed by atoms with van der Waals surface area (Å²) in [7, 11) is 1.57. The van der Waals surface area contributed by atoms with Gasteiger partial charge in [-0.15, -0.1) is 0 Å². The number of methoxy groups -OCH3 is 1. The molecular formula is C23H39NO4. The van der Waals surface area contributed by atoms with Crippen LogP contribution in [-0.2, 0) is 15.9 Å². The Labute approximate surface area is 170 Å². The molecule has 1 aromatic rings. The van der Waals surface area contributed by atoms with E-state index in [1.165, 1.54) is 25.7 Å². The molecule has 2 rings (SSSR count). The highest BCUT2D eigenvalue weighted by molar-refractivity contribution is 5.41. The second kappa shape index (κ2) is 13.0. The number of benzene rings is 1. The molecule has 0 aliphatic heterocycles. The third-order valence-electron chi connectivity index (χ3n) is 5.53. The Balaban J connectivity index is 1.70. The van der Waals surface area contributed by atoms with Gasteiger partial charge < -0.3 is 24.6 Å². The third-order valence-corrected chi connectivity index (χ3v) is 5.53. The van der Waals surface area contributed by atoms with Gasteiger partial charge in [-0.2, -0.15) is 0 Å². The molecule has 0 saturated heterocycles. The van der Waals surface area contributed by atoms with E-state index in [9.17, 15) is 5.11 Å². The second-order valence-electron chi connectivity index (χ2n) is 7.83. The molecule has 3 atom stereocenters. The molecule has 0 aromatic heterocycles. The Hall–Kier alpha value is -1.30. The van der Waals surface area contributed by atoms with E-state index in [1.807, 2.05) is 12.1 Å². The van der Waals surface area contributed by atoms with Crippen molar-refractivity contribution in [3.63, 3.8) is 0 Å². The summed E-state index contributed by atoms with van der Waals surface area (Å²) in [5, 5.41) is 13.4. The van der Waals surface area contributed by atoms with Gasteiger partial charge in [0.15, 0.2) is 11.5 Å². The Bertz CT molecular complexity index is 551. The Morgan fingerprint density at radius 1 is 1.21 bits per heavy atom. The summed E-state index contributed by atoms with van der Waals surface area (Å²) < 4.78 is 17.3. The van der Waals surface area contributed by atoms with Crippen LogP contribution < -0.4 is 10.1 Å². The number of hydrogen-bond donors (Lipinski definition) is 2. The molecule has 2 N–H and O–H groups in total. The molecule has 0 bridgehead atoms. The summed E-state index contributed by atoms with van der Waals surface area (Å²) in [6, 6.07) is 5.93. The smallest absolute Gasteiger partial charge is 0.160 e. The summed E-state index contributed by atoms with van der Waals surface area (Å²) in [5.74, 6) is 0.696. The number of phenolic OH excluding ortho intramolecular Hbond substituents is 1. The van der Waals surface area contributed by atoms with Gasteiger partial charge >= 0.3 is 0 Å². The summed E-state index contributed by atoms with van der Waals surface area (Å²) in [5.41, 5.74) is 1.12. The Morgan fingerprint density at radius 3 is 2.82 bits per heavy atom. The van der Waals surface area contributed by atoms with Gasteiger partial charge in [0.1, 0.15) is 0 Å². The first kappa shape index (κ1) is 23.0. The van der Waals surface area contributed by atoms with Crippen LogP contribution in [0.15, 0.2) is 18.2 Å². The van der Waals surface area contributed by atoms with Crippen LogP contribution in [0.4, 0.5) is 0 Å². The van der Waals surface area contributed by atoms with Crippen molar-refractivity contribution in [2.45, 2.75) is 83.5 Å². The minimum Gasteiger partial charge on any atom is -0.504 e. The van der Waals surface area contributed by atoms with Crippen LogP contribution in [0.2, 0.25) is 0 Å². The lowest BCUT2D eigenvalue weighted by Gasteiger charge is -2.32. The molecule has 28 heavy (non-hydrogen) atoms. The second-order valence-corrected chi connectivity index (χ2v) is 7.83. The first-order chi connectivity index (χ1) is 13.6. The summed E-state index contributed by atoms with van der Waals surface area (Å²) in [6.45, 7) is 6.89. The molecule has 5 nitrogen and oxygen atoms in total. The highest BCUT2D eigenvalue weighted by Gasteiger charge is 2.25. The van der Waals surface area contributed by atoms with E-state index in [1.54, 1.807) is 13.2 Å². The normalized spacial score (nSPS) is 20.8. The van der Waals surface area contributed by atoms with Crippen molar-refractivity contribution in [2.24, 2.45) is 0 Å². The first-order valence-electron chi connectivity index (χ1n) is 11.0. The minimum absolute atomic E-state index is 0.177. The van der Waals surface area contributed by atoms with Gasteiger partial charge in [0.2, 0.25) is 0 Å². The molecule has 1 saturated carbocycles. The maximum Gasteiger partial charge on any atom is 0.160 e. The fraction of sp³-hybridized carbons (Fsp3) is 0.739. The lowest BCUT2D eigenvalue weighted by Crippen LogP contribution is -2.44. The average Bonchev–Trinajstić information content (AvgIpc) is 2.70. The number of rotatable bonds is 13. The molecule has 5 heteroatoms. The fourth-order valence-electron chi connectivity index (χ4n) is 3.72. The molecule has 0 spiro atoms. The predicted octanol–water partition coefficient (Wildman–Crippen LogP) is 4.46. The van der Waals surface area contributed by atoms with Crippen LogP contribution in [-0.4, -0.2) is 50.2 Å². The Kier molecular flexibility index (Phi) is 10.7. The maximum atomic E-state index is 9.71. The zero-order valence-corrected chi connectivity index (χ0v) is 17.9. The number of unbranched alkanes of at least 4 members (excludes halogenated alkanes) is 1. The van der Waals surface area contributed by atoms with Gasteiger partial charge in [0.25, 0.3) is 0 Å². The van der Waals surface area contributed by atoms with E-state index in [0.717, 1.165) is 44.4 Å². The van der Waals surface area contributed by atoms with Crippen LogP contribution in [0.5, 0.6) is 11.5 Å². The third kappa shape index (κ3) is 7.98. The van der Waals surface area contributed by atoms with E-state index < -0.39 is 0 Å². The molecule has 160 valence electrons. The quantitative estimate of drug-likeness (QED) is 0.485. The van der Waals surface area contributed by atoms with Crippen molar-refractivity contribution in [3.8, 4) is 11.5 Å². The molecule has 0 radical (unpaired) electrons. The lowest BCUT2D eigenvalue weighted by molar-refractivity contribution is 0.00444. The van der Waals surface area contributed by atoms with Crippen molar-refractivity contribution in [3.05, 3.63) is 23.8 Å². The van der Waals surface area contributed by atoms with E-state index in [2.05, 4.69) is 19.2 Å². The number of ether oxygens (including phenoxy) is 3. The van der Waals surface area contributed by atoms with Crippen LogP contribution in [0, 0.1) is 0 Å². The molecule has 1 aliphatic rings. The van der Waals surface area contributed by atoms with Gasteiger partial charge in [0.05, 0.1) is 25.9 Å². The van der Waals surface area contributed by atoms with E-state index in [-0.39, 0.29) is 11.9 Å². The van der Waals surface area contributed by atoms with Gasteiger partial charge in [-0.25, -0.2) is 0 Å². The molecule has 0 heterocycles. The van der Waals surface area contributed by atoms with Crippen molar-refractivity contribution in [1.29, 1.82) is 0 Å². The summed E-state index contributed by atoms with van der Waals surface area (Å²) in [6.07, 6.45) is 9.61. The Morgan fingerprint density at radius 2 is 2.04 bits per heavy atom. The highest BCUT2D eigenvalue weighted by Crippen LogP contribution is 2.27. The van der Waals surface area contributed by atoms with Crippen LogP contribution >= 0.6 is 0 Å². The highest BCUT2D eigenvalue weighted by atomic mass is 16.5. The summed E-state index contributed by atoms with van der Waals surface area (Å²) >= 11 is 0. The van der Waals surface area contributed by atoms with Crippen molar-refractivity contribution in [1.82, 2.24) is 5.32 Å². The van der Waals surface area contributed by atoms with Gasteiger partial charge in [-0.1, -0.05) is 32.3 Å². The van der Waals surface area contributed by atoms with E-state index in [4.69, 9.17) is 14.2 Å². The number of nitrogens with one attached hydrogen (secondary N) is 1. The van der Waals surface area contributed by atoms with Gasteiger partial charge in [-0.3, -0.25) is 0 Å². The molecule has 1 unspecified atom stereocenters. The van der Waals surface area contributed by atoms with E-state index >= 15 is 0 Å². The fourth-order valence-corrected chi connectivity index (χ4v) is 3.72. The average molecular weight is 394 g/mol. The molecular weight excluding hydrogens is 354 g/mol. The maximum absolute atomic E-state index is 9.71. The number of aromatic hydroxyl groups is 1. The molecule has 0 amide bonds. The monoisotopic (exact) mass is 393 g/mol. The van der Waals surface area contributed by atoms with Crippen molar-refractivity contribution < 1.29 is 19.3 Å². The van der Waals surface area contributed by atoms with Crippen molar-refractivity contribution in [2.75, 3.05) is 26.9 Å². The zero-order valence-electron chi connectivity index (χ0n) is 17.9. The lowest BCUT2D eigenvalue weighted by atomic mass is 9.92. The standard InChI is InChI=1S/C23H39NO4/c1-4-5-15-27-18(2)12-14-24-20-8-6-7-9-22(20)28-16-13-19-10-11-21(25)23(17-19)26-3/h10-11,17-18,20,22,24-25H,4-9,12-16H2,1-3H3/t18-,20+,22?/m0/s1. The SMILES string of the molecule is CCCCO[C@@H](C)CCN[C@@H]1CCCCC1OCCc1ccc(O)c(OC)c1. The van der Waals surface area contributed by atoms with Gasteiger partial charge in [-0.05, 0) is 63.3 Å². The zero-order chi connectivity index (χ0) is 20.2. The minimum atomic E-state index is 0.177. The molecule has 1 aromatic carbocycles. The van der Waals surface area contributed by atoms with Crippen LogP contribution in [0.25, 0.3) is 0 Å².